The largest absolute Gasteiger partial charge is 0.508 e. The Balaban J connectivity index is 1.78. The Morgan fingerprint density at radius 3 is 2.65 bits per heavy atom. The number of aliphatic hydroxyl groups is 2. The van der Waals surface area contributed by atoms with Crippen LogP contribution in [0.1, 0.15) is 45.1 Å². The third kappa shape index (κ3) is 4.56. The SMILES string of the molecule is CC/C(=C\c1ccc(O)cc1Cl)CC[C@@H](O)C1=C(C)C[C@H]2C(=O)N(C)C(=O)[C@H]2[C@H]1CO. The van der Waals surface area contributed by atoms with Crippen molar-refractivity contribution in [1.29, 1.82) is 0 Å². The normalized spacial score (nSPS) is 25.3. The predicted molar refractivity (Wildman–Crippen MR) is 119 cm³/mol. The van der Waals surface area contributed by atoms with Crippen molar-refractivity contribution in [2.75, 3.05) is 13.7 Å². The van der Waals surface area contributed by atoms with Gasteiger partial charge in [-0.1, -0.05) is 35.7 Å². The van der Waals surface area contributed by atoms with Gasteiger partial charge in [0.15, 0.2) is 0 Å². The molecule has 4 atom stereocenters. The van der Waals surface area contributed by atoms with Gasteiger partial charge in [0.05, 0.1) is 29.6 Å². The highest BCUT2D eigenvalue weighted by Gasteiger charge is 2.53. The average Bonchev–Trinajstić information content (AvgIpc) is 2.95. The molecule has 2 aliphatic rings. The maximum Gasteiger partial charge on any atom is 0.233 e. The fraction of sp³-hybridized carbons (Fsp3) is 0.500. The molecule has 3 rings (SSSR count). The summed E-state index contributed by atoms with van der Waals surface area (Å²) in [7, 11) is 1.48. The Labute approximate surface area is 187 Å². The number of aromatic hydroxyl groups is 1. The highest BCUT2D eigenvalue weighted by Crippen LogP contribution is 2.45. The quantitative estimate of drug-likeness (QED) is 0.438. The molecule has 168 valence electrons. The summed E-state index contributed by atoms with van der Waals surface area (Å²) in [6.45, 7) is 3.62. The second-order valence-corrected chi connectivity index (χ2v) is 8.92. The zero-order valence-corrected chi connectivity index (χ0v) is 18.9. The summed E-state index contributed by atoms with van der Waals surface area (Å²) in [5.41, 5.74) is 3.46. The van der Waals surface area contributed by atoms with Crippen LogP contribution in [-0.4, -0.2) is 51.8 Å². The van der Waals surface area contributed by atoms with Crippen LogP contribution in [0.4, 0.5) is 0 Å². The third-order valence-corrected chi connectivity index (χ3v) is 6.97. The van der Waals surface area contributed by atoms with Gasteiger partial charge in [0.25, 0.3) is 0 Å². The molecule has 7 heteroatoms. The number of hydrogen-bond donors (Lipinski definition) is 3. The fourth-order valence-electron chi connectivity index (χ4n) is 4.96. The van der Waals surface area contributed by atoms with E-state index >= 15 is 0 Å². The van der Waals surface area contributed by atoms with Crippen molar-refractivity contribution in [2.24, 2.45) is 17.8 Å². The minimum atomic E-state index is -0.808. The Morgan fingerprint density at radius 1 is 1.32 bits per heavy atom. The van der Waals surface area contributed by atoms with Gasteiger partial charge in [-0.15, -0.1) is 0 Å². The van der Waals surface area contributed by atoms with E-state index in [0.717, 1.165) is 28.0 Å². The molecule has 1 saturated heterocycles. The van der Waals surface area contributed by atoms with Crippen molar-refractivity contribution < 1.29 is 24.9 Å². The number of carbonyl (C=O) groups excluding carboxylic acids is 2. The number of hydrogen-bond acceptors (Lipinski definition) is 5. The highest BCUT2D eigenvalue weighted by atomic mass is 35.5. The molecule has 0 aromatic heterocycles. The standard InChI is InChI=1S/C24H30ClNO5/c1-4-14(10-15-6-7-16(28)11-19(15)25)5-8-20(29)21-13(2)9-17-22(18(21)12-27)24(31)26(3)23(17)30/h6-7,10-11,17-18,20,22,27-29H,4-5,8-9,12H2,1-3H3/b14-10+/t17-,18+,20-,22-/m1/s1. The summed E-state index contributed by atoms with van der Waals surface area (Å²) in [5, 5.41) is 31.1. The van der Waals surface area contributed by atoms with Gasteiger partial charge in [-0.05, 0) is 61.9 Å². The second kappa shape index (κ2) is 9.55. The zero-order chi connectivity index (χ0) is 22.9. The number of carbonyl (C=O) groups is 2. The number of allylic oxidation sites excluding steroid dienone is 2. The Bertz CT molecular complexity index is 938. The van der Waals surface area contributed by atoms with Crippen molar-refractivity contribution in [3.8, 4) is 5.75 Å². The van der Waals surface area contributed by atoms with E-state index in [9.17, 15) is 24.9 Å². The van der Waals surface area contributed by atoms with Crippen LogP contribution in [0.3, 0.4) is 0 Å². The first-order valence-corrected chi connectivity index (χ1v) is 11.0. The minimum absolute atomic E-state index is 0.106. The Kier molecular flexibility index (Phi) is 7.24. The first kappa shape index (κ1) is 23.5. The molecule has 1 heterocycles. The summed E-state index contributed by atoms with van der Waals surface area (Å²) in [5.74, 6) is -1.98. The maximum atomic E-state index is 12.6. The van der Waals surface area contributed by atoms with Gasteiger partial charge in [0, 0.05) is 13.0 Å². The van der Waals surface area contributed by atoms with Gasteiger partial charge in [-0.25, -0.2) is 0 Å². The number of aliphatic hydroxyl groups excluding tert-OH is 2. The van der Waals surface area contributed by atoms with Crippen molar-refractivity contribution in [3.05, 3.63) is 45.5 Å². The van der Waals surface area contributed by atoms with Gasteiger partial charge in [-0.2, -0.15) is 0 Å². The second-order valence-electron chi connectivity index (χ2n) is 8.51. The van der Waals surface area contributed by atoms with Gasteiger partial charge >= 0.3 is 0 Å². The van der Waals surface area contributed by atoms with Crippen molar-refractivity contribution in [1.82, 2.24) is 4.90 Å². The number of fused-ring (bicyclic) bond motifs is 1. The van der Waals surface area contributed by atoms with Crippen LogP contribution in [0, 0.1) is 17.8 Å². The first-order valence-electron chi connectivity index (χ1n) is 10.7. The number of nitrogens with zero attached hydrogens (tertiary/aromatic N) is 1. The maximum absolute atomic E-state index is 12.6. The lowest BCUT2D eigenvalue weighted by Crippen LogP contribution is -2.38. The van der Waals surface area contributed by atoms with Gasteiger partial charge < -0.3 is 15.3 Å². The van der Waals surface area contributed by atoms with Gasteiger partial charge in [0.1, 0.15) is 5.75 Å². The summed E-state index contributed by atoms with van der Waals surface area (Å²) < 4.78 is 0. The molecular weight excluding hydrogens is 418 g/mol. The van der Waals surface area contributed by atoms with E-state index in [1.807, 2.05) is 19.9 Å². The van der Waals surface area contributed by atoms with Crippen LogP contribution in [0.25, 0.3) is 6.08 Å². The first-order chi connectivity index (χ1) is 14.7. The number of imide groups is 1. The van der Waals surface area contributed by atoms with E-state index in [4.69, 9.17) is 11.6 Å². The number of benzene rings is 1. The van der Waals surface area contributed by atoms with Crippen LogP contribution >= 0.6 is 11.6 Å². The van der Waals surface area contributed by atoms with E-state index in [2.05, 4.69) is 0 Å². The Hall–Kier alpha value is -2.15. The zero-order valence-electron chi connectivity index (χ0n) is 18.1. The molecule has 0 unspecified atom stereocenters. The van der Waals surface area contributed by atoms with Crippen molar-refractivity contribution in [3.63, 3.8) is 0 Å². The minimum Gasteiger partial charge on any atom is -0.508 e. The summed E-state index contributed by atoms with van der Waals surface area (Å²) in [6, 6.07) is 4.82. The molecule has 3 N–H and O–H groups in total. The lowest BCUT2D eigenvalue weighted by Gasteiger charge is -2.35. The highest BCUT2D eigenvalue weighted by molar-refractivity contribution is 6.32. The predicted octanol–water partition coefficient (Wildman–Crippen LogP) is 3.54. The van der Waals surface area contributed by atoms with E-state index in [-0.39, 0.29) is 24.2 Å². The van der Waals surface area contributed by atoms with Crippen LogP contribution in [-0.2, 0) is 9.59 Å². The lowest BCUT2D eigenvalue weighted by molar-refractivity contribution is -0.138. The number of phenols is 1. The van der Waals surface area contributed by atoms with Gasteiger partial charge in [0.2, 0.25) is 11.8 Å². The molecular formula is C24H30ClNO5. The van der Waals surface area contributed by atoms with Crippen LogP contribution in [0.2, 0.25) is 5.02 Å². The monoisotopic (exact) mass is 447 g/mol. The number of amides is 2. The molecule has 6 nitrogen and oxygen atoms in total. The van der Waals surface area contributed by atoms with Crippen molar-refractivity contribution >= 4 is 29.5 Å². The molecule has 1 aliphatic carbocycles. The summed E-state index contributed by atoms with van der Waals surface area (Å²) >= 11 is 6.21. The molecule has 0 radical (unpaired) electrons. The van der Waals surface area contributed by atoms with Crippen molar-refractivity contribution in [2.45, 2.75) is 45.6 Å². The smallest absolute Gasteiger partial charge is 0.233 e. The molecule has 31 heavy (non-hydrogen) atoms. The Morgan fingerprint density at radius 2 is 2.03 bits per heavy atom. The summed E-state index contributed by atoms with van der Waals surface area (Å²) in [6.07, 6.45) is 3.41. The molecule has 1 aromatic rings. The summed E-state index contributed by atoms with van der Waals surface area (Å²) in [4.78, 5) is 26.2. The van der Waals surface area contributed by atoms with E-state index in [0.29, 0.717) is 29.9 Å². The average molecular weight is 448 g/mol. The van der Waals surface area contributed by atoms with E-state index < -0.39 is 23.9 Å². The molecule has 0 saturated carbocycles. The molecule has 1 aromatic carbocycles. The number of phenolic OH excluding ortho intramolecular Hbond substituents is 1. The van der Waals surface area contributed by atoms with E-state index in [1.165, 1.54) is 13.1 Å². The molecule has 1 fully saturated rings. The lowest BCUT2D eigenvalue weighted by atomic mass is 9.68. The third-order valence-electron chi connectivity index (χ3n) is 6.64. The number of rotatable bonds is 7. The molecule has 0 bridgehead atoms. The number of likely N-dealkylation sites (tertiary alicyclic amines) is 1. The number of halogens is 1. The molecule has 2 amide bonds. The van der Waals surface area contributed by atoms with E-state index in [1.54, 1.807) is 12.1 Å². The van der Waals surface area contributed by atoms with Crippen LogP contribution in [0.15, 0.2) is 34.9 Å². The molecule has 1 aliphatic heterocycles. The van der Waals surface area contributed by atoms with Crippen LogP contribution < -0.4 is 0 Å². The topological polar surface area (TPSA) is 98.1 Å². The molecule has 0 spiro atoms. The van der Waals surface area contributed by atoms with Crippen LogP contribution in [0.5, 0.6) is 5.75 Å². The van der Waals surface area contributed by atoms with Gasteiger partial charge in [-0.3, -0.25) is 14.5 Å². The fourth-order valence-corrected chi connectivity index (χ4v) is 5.19.